The summed E-state index contributed by atoms with van der Waals surface area (Å²) in [7, 11) is 0. The minimum Gasteiger partial charge on any atom is -0.387 e. The molecule has 2 aliphatic heterocycles. The summed E-state index contributed by atoms with van der Waals surface area (Å²) in [6.45, 7) is 3.39. The van der Waals surface area contributed by atoms with E-state index in [4.69, 9.17) is 0 Å². The number of carbonyl (C=O) groups excluding carboxylic acids is 1. The van der Waals surface area contributed by atoms with E-state index in [1.807, 2.05) is 4.90 Å². The van der Waals surface area contributed by atoms with Crippen LogP contribution in [0.4, 0.5) is 8.78 Å². The molecular formula is C22H24F2N2O2. The molecule has 0 unspecified atom stereocenters. The highest BCUT2D eigenvalue weighted by Crippen LogP contribution is 2.27. The zero-order valence-corrected chi connectivity index (χ0v) is 15.7. The predicted octanol–water partition coefficient (Wildman–Crippen LogP) is 3.37. The Balaban J connectivity index is 1.27. The van der Waals surface area contributed by atoms with Crippen LogP contribution in [-0.4, -0.2) is 47.0 Å². The number of halogens is 2. The summed E-state index contributed by atoms with van der Waals surface area (Å²) in [5.74, 6) is -0.217. The molecule has 1 saturated heterocycles. The molecular weight excluding hydrogens is 362 g/mol. The molecule has 4 rings (SSSR count). The molecule has 0 spiro atoms. The van der Waals surface area contributed by atoms with Crippen LogP contribution in [-0.2, 0) is 6.54 Å². The van der Waals surface area contributed by atoms with E-state index in [0.29, 0.717) is 31.1 Å². The van der Waals surface area contributed by atoms with Crippen molar-refractivity contribution in [1.82, 2.24) is 9.80 Å². The second kappa shape index (κ2) is 7.97. The second-order valence-corrected chi connectivity index (χ2v) is 7.80. The smallest absolute Gasteiger partial charge is 0.254 e. The van der Waals surface area contributed by atoms with Crippen molar-refractivity contribution in [2.75, 3.05) is 26.2 Å². The number of benzene rings is 2. The van der Waals surface area contributed by atoms with Crippen molar-refractivity contribution in [3.05, 3.63) is 70.8 Å². The first-order chi connectivity index (χ1) is 13.5. The van der Waals surface area contributed by atoms with Gasteiger partial charge in [-0.15, -0.1) is 0 Å². The van der Waals surface area contributed by atoms with Gasteiger partial charge in [-0.25, -0.2) is 8.78 Å². The maximum Gasteiger partial charge on any atom is 0.254 e. The van der Waals surface area contributed by atoms with Gasteiger partial charge in [-0.2, -0.15) is 0 Å². The number of carbonyl (C=O) groups is 1. The largest absolute Gasteiger partial charge is 0.387 e. The molecule has 6 heteroatoms. The molecule has 0 aliphatic carbocycles. The van der Waals surface area contributed by atoms with Crippen LogP contribution in [0, 0.1) is 17.6 Å². The summed E-state index contributed by atoms with van der Waals surface area (Å²) in [6.07, 6.45) is 1.26. The van der Waals surface area contributed by atoms with Gasteiger partial charge in [-0.1, -0.05) is 12.1 Å². The number of aliphatic hydroxyl groups is 1. The van der Waals surface area contributed by atoms with Crippen molar-refractivity contribution in [3.8, 4) is 0 Å². The number of piperidine rings is 1. The molecule has 0 radical (unpaired) electrons. The Labute approximate surface area is 163 Å². The van der Waals surface area contributed by atoms with E-state index in [1.54, 1.807) is 18.2 Å². The van der Waals surface area contributed by atoms with Crippen LogP contribution in [0.15, 0.2) is 42.5 Å². The molecule has 1 amide bonds. The molecule has 0 bridgehead atoms. The maximum absolute atomic E-state index is 13.4. The number of hydrogen-bond acceptors (Lipinski definition) is 3. The van der Waals surface area contributed by atoms with Crippen LogP contribution in [0.5, 0.6) is 0 Å². The number of nitrogens with zero attached hydrogens (tertiary/aromatic N) is 2. The van der Waals surface area contributed by atoms with E-state index in [-0.39, 0.29) is 17.5 Å². The fourth-order valence-electron chi connectivity index (χ4n) is 4.20. The average Bonchev–Trinajstić information content (AvgIpc) is 2.98. The third-order valence-corrected chi connectivity index (χ3v) is 5.82. The third kappa shape index (κ3) is 4.08. The summed E-state index contributed by atoms with van der Waals surface area (Å²) in [5, 5.41) is 10.4. The van der Waals surface area contributed by atoms with Crippen LogP contribution in [0.25, 0.3) is 0 Å². The van der Waals surface area contributed by atoms with Crippen LogP contribution >= 0.6 is 0 Å². The van der Waals surface area contributed by atoms with Crippen LogP contribution in [0.2, 0.25) is 0 Å². The molecule has 1 atom stereocenters. The highest BCUT2D eigenvalue weighted by Gasteiger charge is 2.31. The lowest BCUT2D eigenvalue weighted by atomic mass is 9.95. The molecule has 4 nitrogen and oxygen atoms in total. The summed E-state index contributed by atoms with van der Waals surface area (Å²) in [5.41, 5.74) is 2.10. The van der Waals surface area contributed by atoms with Crippen molar-refractivity contribution < 1.29 is 18.7 Å². The Morgan fingerprint density at radius 2 is 1.71 bits per heavy atom. The topological polar surface area (TPSA) is 43.8 Å². The zero-order valence-electron chi connectivity index (χ0n) is 15.7. The fraction of sp³-hybridized carbons (Fsp3) is 0.409. The lowest BCUT2D eigenvalue weighted by Crippen LogP contribution is -2.40. The van der Waals surface area contributed by atoms with E-state index in [9.17, 15) is 18.7 Å². The first kappa shape index (κ1) is 19.0. The number of aliphatic hydroxyl groups excluding tert-OH is 1. The van der Waals surface area contributed by atoms with Gasteiger partial charge in [-0.3, -0.25) is 4.79 Å². The fourth-order valence-corrected chi connectivity index (χ4v) is 4.20. The highest BCUT2D eigenvalue weighted by atomic mass is 19.1. The summed E-state index contributed by atoms with van der Waals surface area (Å²) in [4.78, 5) is 16.5. The molecule has 2 heterocycles. The van der Waals surface area contributed by atoms with Crippen molar-refractivity contribution in [2.45, 2.75) is 25.5 Å². The molecule has 2 aromatic carbocycles. The van der Waals surface area contributed by atoms with Gasteiger partial charge in [0.1, 0.15) is 11.6 Å². The van der Waals surface area contributed by atoms with Gasteiger partial charge < -0.3 is 14.9 Å². The molecule has 1 N–H and O–H groups in total. The lowest BCUT2D eigenvalue weighted by molar-refractivity contribution is 0.0654. The molecule has 2 aliphatic rings. The maximum atomic E-state index is 13.4. The molecule has 28 heavy (non-hydrogen) atoms. The summed E-state index contributed by atoms with van der Waals surface area (Å²) in [6, 6.07) is 10.3. The Kier molecular flexibility index (Phi) is 5.42. The zero-order chi connectivity index (χ0) is 19.7. The standard InChI is InChI=1S/C22H24F2N2O2/c23-18-3-1-16(2-4-18)21(27)14-25-9-7-15(8-10-25)12-26-13-17-11-19(24)5-6-20(17)22(26)28/h1-6,11,15,21,27H,7-10,12-14H2/t21-/m0/s1. The second-order valence-electron chi connectivity index (χ2n) is 7.80. The first-order valence-corrected chi connectivity index (χ1v) is 9.73. The van der Waals surface area contributed by atoms with Crippen LogP contribution in [0.3, 0.4) is 0 Å². The van der Waals surface area contributed by atoms with Gasteiger partial charge >= 0.3 is 0 Å². The number of rotatable bonds is 5. The highest BCUT2D eigenvalue weighted by molar-refractivity contribution is 5.98. The Bertz CT molecular complexity index is 848. The van der Waals surface area contributed by atoms with E-state index in [2.05, 4.69) is 4.90 Å². The van der Waals surface area contributed by atoms with Gasteiger partial charge in [-0.05, 0) is 73.3 Å². The Morgan fingerprint density at radius 3 is 2.43 bits per heavy atom. The third-order valence-electron chi connectivity index (χ3n) is 5.82. The van der Waals surface area contributed by atoms with Crippen molar-refractivity contribution in [3.63, 3.8) is 0 Å². The van der Waals surface area contributed by atoms with E-state index in [0.717, 1.165) is 37.1 Å². The minimum atomic E-state index is -0.637. The summed E-state index contributed by atoms with van der Waals surface area (Å²) >= 11 is 0. The van der Waals surface area contributed by atoms with E-state index < -0.39 is 6.10 Å². The van der Waals surface area contributed by atoms with E-state index >= 15 is 0 Å². The monoisotopic (exact) mass is 386 g/mol. The molecule has 0 saturated carbocycles. The SMILES string of the molecule is O=C1c2ccc(F)cc2CN1CC1CCN(C[C@H](O)c2ccc(F)cc2)CC1. The number of fused-ring (bicyclic) bond motifs is 1. The van der Waals surface area contributed by atoms with Gasteiger partial charge in [0.15, 0.2) is 0 Å². The van der Waals surface area contributed by atoms with Crippen LogP contribution < -0.4 is 0 Å². The van der Waals surface area contributed by atoms with Crippen molar-refractivity contribution in [1.29, 1.82) is 0 Å². The molecule has 148 valence electrons. The number of β-amino-alcohol motifs (C(OH)–C–C–N with tert-alkyl or cyclic N) is 1. The number of hydrogen-bond donors (Lipinski definition) is 1. The predicted molar refractivity (Wildman–Crippen MR) is 102 cm³/mol. The summed E-state index contributed by atoms with van der Waals surface area (Å²) < 4.78 is 26.4. The number of likely N-dealkylation sites (tertiary alicyclic amines) is 1. The van der Waals surface area contributed by atoms with Crippen LogP contribution in [0.1, 0.15) is 40.4 Å². The molecule has 2 aromatic rings. The lowest BCUT2D eigenvalue weighted by Gasteiger charge is -2.34. The average molecular weight is 386 g/mol. The number of amides is 1. The van der Waals surface area contributed by atoms with Gasteiger partial charge in [0.2, 0.25) is 0 Å². The normalized spacial score (nSPS) is 19.1. The molecule has 1 fully saturated rings. The quantitative estimate of drug-likeness (QED) is 0.857. The minimum absolute atomic E-state index is 0.0100. The Hall–Kier alpha value is -2.31. The van der Waals surface area contributed by atoms with Gasteiger partial charge in [0.05, 0.1) is 6.10 Å². The van der Waals surface area contributed by atoms with Gasteiger partial charge in [0.25, 0.3) is 5.91 Å². The van der Waals surface area contributed by atoms with E-state index in [1.165, 1.54) is 24.3 Å². The van der Waals surface area contributed by atoms with Gasteiger partial charge in [0, 0.05) is 25.2 Å². The van der Waals surface area contributed by atoms with Crippen molar-refractivity contribution >= 4 is 5.91 Å². The van der Waals surface area contributed by atoms with Crippen molar-refractivity contribution in [2.24, 2.45) is 5.92 Å². The first-order valence-electron chi connectivity index (χ1n) is 9.73. The Morgan fingerprint density at radius 1 is 1.04 bits per heavy atom. The molecule has 0 aromatic heterocycles.